The lowest BCUT2D eigenvalue weighted by Crippen LogP contribution is -2.61. The third kappa shape index (κ3) is 2.33. The molecule has 6 nitrogen and oxygen atoms in total. The fourth-order valence-corrected chi connectivity index (χ4v) is 4.25. The van der Waals surface area contributed by atoms with Crippen LogP contribution in [0.15, 0.2) is 11.6 Å². The molecule has 0 amide bonds. The summed E-state index contributed by atoms with van der Waals surface area (Å²) in [5.41, 5.74) is 1.43. The zero-order valence-corrected chi connectivity index (χ0v) is 13.2. The first-order valence-corrected chi connectivity index (χ1v) is 7.91. The minimum absolute atomic E-state index is 0.150. The number of hydrogen-bond donors (Lipinski definition) is 4. The summed E-state index contributed by atoms with van der Waals surface area (Å²) in [5, 5.41) is 39.0. The van der Waals surface area contributed by atoms with Crippen LogP contribution < -0.4 is 0 Å². The number of rotatable bonds is 3. The monoisotopic (exact) mass is 314 g/mol. The van der Waals surface area contributed by atoms with Gasteiger partial charge in [0.15, 0.2) is 6.29 Å². The summed E-state index contributed by atoms with van der Waals surface area (Å²) in [6, 6.07) is 0. The Balaban J connectivity index is 1.74. The van der Waals surface area contributed by atoms with E-state index in [1.807, 2.05) is 0 Å². The van der Waals surface area contributed by atoms with Crippen molar-refractivity contribution in [1.82, 2.24) is 0 Å². The van der Waals surface area contributed by atoms with Crippen LogP contribution in [0.5, 0.6) is 0 Å². The van der Waals surface area contributed by atoms with E-state index in [0.717, 1.165) is 6.42 Å². The van der Waals surface area contributed by atoms with E-state index in [9.17, 15) is 20.4 Å². The van der Waals surface area contributed by atoms with Gasteiger partial charge in [0.25, 0.3) is 0 Å². The van der Waals surface area contributed by atoms with Gasteiger partial charge in [-0.3, -0.25) is 0 Å². The summed E-state index contributed by atoms with van der Waals surface area (Å²) < 4.78 is 11.4. The third-order valence-electron chi connectivity index (χ3n) is 5.86. The third-order valence-corrected chi connectivity index (χ3v) is 5.86. The van der Waals surface area contributed by atoms with Gasteiger partial charge in [0, 0.05) is 0 Å². The average molecular weight is 314 g/mol. The fraction of sp³-hybridized carbons (Fsp3) is 0.875. The highest BCUT2D eigenvalue weighted by molar-refractivity contribution is 5.25. The van der Waals surface area contributed by atoms with E-state index in [1.54, 1.807) is 0 Å². The van der Waals surface area contributed by atoms with Crippen LogP contribution in [0.25, 0.3) is 0 Å². The summed E-state index contributed by atoms with van der Waals surface area (Å²) in [6.45, 7) is 6.07. The molecule has 1 aliphatic heterocycles. The topological polar surface area (TPSA) is 99.4 Å². The van der Waals surface area contributed by atoms with Gasteiger partial charge in [-0.05, 0) is 30.6 Å². The standard InChI is InChI=1S/C16H26O6/c1-7-4-10(9-5-8(7)16(9,2)3)21-15-14(20)13(19)12(18)11(6-17)22-15/h4,8-15,17-20H,5-6H2,1-3H3/t8-,9+,10?,11-,12-,13+,14-,15-/m1/s1. The molecule has 4 N–H and O–H groups in total. The van der Waals surface area contributed by atoms with E-state index < -0.39 is 37.3 Å². The van der Waals surface area contributed by atoms with E-state index in [2.05, 4.69) is 26.8 Å². The Morgan fingerprint density at radius 3 is 2.45 bits per heavy atom. The van der Waals surface area contributed by atoms with Gasteiger partial charge in [-0.1, -0.05) is 25.5 Å². The molecule has 126 valence electrons. The molecule has 1 unspecified atom stereocenters. The van der Waals surface area contributed by atoms with Gasteiger partial charge >= 0.3 is 0 Å². The Bertz CT molecular complexity index is 460. The lowest BCUT2D eigenvalue weighted by atomic mass is 9.48. The Labute approximate surface area is 130 Å². The molecule has 0 aromatic carbocycles. The molecule has 1 saturated carbocycles. The highest BCUT2D eigenvalue weighted by Crippen LogP contribution is 2.59. The molecular weight excluding hydrogens is 288 g/mol. The van der Waals surface area contributed by atoms with Crippen LogP contribution in [0.3, 0.4) is 0 Å². The highest BCUT2D eigenvalue weighted by Gasteiger charge is 2.56. The second kappa shape index (κ2) is 5.54. The molecule has 0 aromatic rings. The van der Waals surface area contributed by atoms with E-state index in [1.165, 1.54) is 5.57 Å². The molecule has 1 saturated heterocycles. The Hall–Kier alpha value is -0.500. The maximum Gasteiger partial charge on any atom is 0.187 e. The summed E-state index contributed by atoms with van der Waals surface area (Å²) in [4.78, 5) is 0. The Morgan fingerprint density at radius 1 is 1.23 bits per heavy atom. The van der Waals surface area contributed by atoms with Crippen LogP contribution in [0.4, 0.5) is 0 Å². The number of fused-ring (bicyclic) bond motifs is 1. The van der Waals surface area contributed by atoms with Gasteiger partial charge in [0.05, 0.1) is 12.7 Å². The van der Waals surface area contributed by atoms with Crippen molar-refractivity contribution in [2.75, 3.05) is 6.61 Å². The molecule has 4 aliphatic rings. The van der Waals surface area contributed by atoms with E-state index in [4.69, 9.17) is 9.47 Å². The van der Waals surface area contributed by atoms with Crippen molar-refractivity contribution in [2.45, 2.75) is 64.0 Å². The quantitative estimate of drug-likeness (QED) is 0.538. The van der Waals surface area contributed by atoms with Crippen molar-refractivity contribution in [1.29, 1.82) is 0 Å². The van der Waals surface area contributed by atoms with Gasteiger partial charge in [-0.25, -0.2) is 0 Å². The van der Waals surface area contributed by atoms with Crippen LogP contribution in [0, 0.1) is 17.3 Å². The molecule has 3 aliphatic carbocycles. The lowest BCUT2D eigenvalue weighted by Gasteiger charge is -2.59. The van der Waals surface area contributed by atoms with E-state index in [0.29, 0.717) is 11.8 Å². The SMILES string of the molecule is CC1=CC(O[C@@H]2O[C@H](CO)[C@@H](O)[C@H](O)[C@H]2O)[C@@H]2C[C@H]1C2(C)C. The average Bonchev–Trinajstić information content (AvgIpc) is 2.46. The molecule has 0 radical (unpaired) electrons. The van der Waals surface area contributed by atoms with E-state index >= 15 is 0 Å². The first-order chi connectivity index (χ1) is 10.3. The van der Waals surface area contributed by atoms with Gasteiger partial charge in [0.2, 0.25) is 0 Å². The number of allylic oxidation sites excluding steroid dienone is 1. The molecule has 22 heavy (non-hydrogen) atoms. The van der Waals surface area contributed by atoms with Crippen LogP contribution in [0.1, 0.15) is 27.2 Å². The highest BCUT2D eigenvalue weighted by atomic mass is 16.7. The van der Waals surface area contributed by atoms with Crippen molar-refractivity contribution in [3.63, 3.8) is 0 Å². The molecule has 6 heteroatoms. The lowest BCUT2D eigenvalue weighted by molar-refractivity contribution is -0.318. The molecule has 4 rings (SSSR count). The van der Waals surface area contributed by atoms with Crippen LogP contribution in [0.2, 0.25) is 0 Å². The normalized spacial score (nSPS) is 50.2. The van der Waals surface area contributed by atoms with Gasteiger partial charge in [-0.15, -0.1) is 0 Å². The number of hydrogen-bond acceptors (Lipinski definition) is 6. The minimum atomic E-state index is -1.40. The molecule has 8 atom stereocenters. The van der Waals surface area contributed by atoms with Gasteiger partial charge in [-0.2, -0.15) is 0 Å². The summed E-state index contributed by atoms with van der Waals surface area (Å²) in [7, 11) is 0. The van der Waals surface area contributed by atoms with Crippen LogP contribution >= 0.6 is 0 Å². The molecule has 2 fully saturated rings. The Morgan fingerprint density at radius 2 is 1.91 bits per heavy atom. The predicted octanol–water partition coefficient (Wildman–Crippen LogP) is -0.206. The number of ether oxygens (including phenoxy) is 2. The second-order valence-electron chi connectivity index (χ2n) is 7.42. The number of aliphatic hydroxyl groups excluding tert-OH is 4. The maximum atomic E-state index is 10.1. The molecule has 1 heterocycles. The summed E-state index contributed by atoms with van der Waals surface area (Å²) in [6.07, 6.45) is -3.16. The maximum absolute atomic E-state index is 10.1. The first-order valence-electron chi connectivity index (χ1n) is 7.91. The van der Waals surface area contributed by atoms with Crippen LogP contribution in [-0.2, 0) is 9.47 Å². The van der Waals surface area contributed by atoms with Gasteiger partial charge < -0.3 is 29.9 Å². The number of aliphatic hydroxyl groups is 4. The molecule has 0 spiro atoms. The van der Waals surface area contributed by atoms with Gasteiger partial charge in [0.1, 0.15) is 24.4 Å². The van der Waals surface area contributed by atoms with Crippen molar-refractivity contribution in [3.8, 4) is 0 Å². The smallest absolute Gasteiger partial charge is 0.187 e. The second-order valence-corrected chi connectivity index (χ2v) is 7.42. The summed E-state index contributed by atoms with van der Waals surface area (Å²) in [5.74, 6) is 0.917. The summed E-state index contributed by atoms with van der Waals surface area (Å²) >= 11 is 0. The predicted molar refractivity (Wildman–Crippen MR) is 77.8 cm³/mol. The van der Waals surface area contributed by atoms with Crippen molar-refractivity contribution < 1.29 is 29.9 Å². The first kappa shape index (κ1) is 16.4. The molecule has 2 bridgehead atoms. The largest absolute Gasteiger partial charge is 0.394 e. The van der Waals surface area contributed by atoms with Crippen molar-refractivity contribution >= 4 is 0 Å². The zero-order chi connectivity index (χ0) is 16.2. The van der Waals surface area contributed by atoms with Crippen LogP contribution in [-0.4, -0.2) is 63.8 Å². The van der Waals surface area contributed by atoms with Crippen molar-refractivity contribution in [3.05, 3.63) is 11.6 Å². The zero-order valence-electron chi connectivity index (χ0n) is 13.2. The fourth-order valence-electron chi connectivity index (χ4n) is 4.25. The molecule has 0 aromatic heterocycles. The van der Waals surface area contributed by atoms with Crippen molar-refractivity contribution in [2.24, 2.45) is 17.3 Å². The Kier molecular flexibility index (Phi) is 4.12. The van der Waals surface area contributed by atoms with E-state index in [-0.39, 0.29) is 11.5 Å². The molecular formula is C16H26O6. The minimum Gasteiger partial charge on any atom is -0.394 e.